The van der Waals surface area contributed by atoms with E-state index in [1.807, 2.05) is 12.4 Å². The summed E-state index contributed by atoms with van der Waals surface area (Å²) in [5.74, 6) is 0.864. The summed E-state index contributed by atoms with van der Waals surface area (Å²) in [6.45, 7) is 6.82. The highest BCUT2D eigenvalue weighted by Gasteiger charge is 2.35. The summed E-state index contributed by atoms with van der Waals surface area (Å²) in [4.78, 5) is 11.5. The molecule has 1 aromatic rings. The number of nitrogens with one attached hydrogen (secondary N) is 1. The Hall–Kier alpha value is -1.20. The minimum absolute atomic E-state index is 0.374. The Kier molecular flexibility index (Phi) is 4.70. The van der Waals surface area contributed by atoms with E-state index in [0.29, 0.717) is 18.2 Å². The summed E-state index contributed by atoms with van der Waals surface area (Å²) < 4.78 is 5.92. The predicted octanol–water partition coefficient (Wildman–Crippen LogP) is 2.12. The molecular formula is C16H26N4O. The van der Waals surface area contributed by atoms with Crippen LogP contribution in [0.15, 0.2) is 12.4 Å². The van der Waals surface area contributed by atoms with Crippen molar-refractivity contribution >= 4 is 5.95 Å². The summed E-state index contributed by atoms with van der Waals surface area (Å²) in [5, 5.41) is 3.39. The molecule has 2 unspecified atom stereocenters. The van der Waals surface area contributed by atoms with Gasteiger partial charge in [0.2, 0.25) is 5.95 Å². The Labute approximate surface area is 127 Å². The Morgan fingerprint density at radius 2 is 2.05 bits per heavy atom. The lowest BCUT2D eigenvalue weighted by Crippen LogP contribution is -2.53. The fraction of sp³-hybridized carbons (Fsp3) is 0.750. The van der Waals surface area contributed by atoms with E-state index < -0.39 is 0 Å². The lowest BCUT2D eigenvalue weighted by molar-refractivity contribution is -0.00932. The summed E-state index contributed by atoms with van der Waals surface area (Å²) in [5.41, 5.74) is 1.14. The molecule has 0 radical (unpaired) electrons. The van der Waals surface area contributed by atoms with Gasteiger partial charge >= 0.3 is 0 Å². The van der Waals surface area contributed by atoms with Gasteiger partial charge in [0.25, 0.3) is 0 Å². The number of rotatable bonds is 4. The molecule has 0 aromatic carbocycles. The molecule has 1 aromatic heterocycles. The number of hydrogen-bond donors (Lipinski definition) is 1. The van der Waals surface area contributed by atoms with E-state index in [4.69, 9.17) is 4.74 Å². The van der Waals surface area contributed by atoms with Gasteiger partial charge in [-0.05, 0) is 12.8 Å². The Bertz CT molecular complexity index is 446. The molecule has 1 aliphatic heterocycles. The van der Waals surface area contributed by atoms with Gasteiger partial charge in [-0.1, -0.05) is 26.7 Å². The van der Waals surface area contributed by atoms with Gasteiger partial charge in [0.15, 0.2) is 0 Å². The van der Waals surface area contributed by atoms with E-state index in [9.17, 15) is 0 Å². The number of ether oxygens (including phenoxy) is 1. The number of anilines is 1. The van der Waals surface area contributed by atoms with Gasteiger partial charge in [-0.3, -0.25) is 0 Å². The zero-order chi connectivity index (χ0) is 14.7. The molecule has 5 heteroatoms. The highest BCUT2D eigenvalue weighted by molar-refractivity contribution is 5.33. The maximum absolute atomic E-state index is 5.92. The third kappa shape index (κ3) is 3.52. The van der Waals surface area contributed by atoms with Crippen molar-refractivity contribution in [1.82, 2.24) is 15.3 Å². The molecule has 2 atom stereocenters. The molecule has 2 aliphatic rings. The minimum atomic E-state index is 0.374. The molecule has 116 valence electrons. The maximum atomic E-state index is 5.92. The predicted molar refractivity (Wildman–Crippen MR) is 83.3 cm³/mol. The number of fused-ring (bicyclic) bond motifs is 1. The molecule has 3 rings (SSSR count). The van der Waals surface area contributed by atoms with Crippen molar-refractivity contribution in [2.24, 2.45) is 0 Å². The van der Waals surface area contributed by atoms with Crippen molar-refractivity contribution in [1.29, 1.82) is 0 Å². The molecule has 1 saturated heterocycles. The molecule has 2 fully saturated rings. The van der Waals surface area contributed by atoms with E-state index in [1.54, 1.807) is 0 Å². The average molecular weight is 290 g/mol. The van der Waals surface area contributed by atoms with E-state index in [0.717, 1.165) is 31.2 Å². The van der Waals surface area contributed by atoms with Gasteiger partial charge in [-0.2, -0.15) is 0 Å². The Balaban J connectivity index is 1.67. The van der Waals surface area contributed by atoms with Gasteiger partial charge in [0.1, 0.15) is 0 Å². The standard InChI is InChI=1S/C16H26N4O/c1-12(2)17-9-13-10-18-16(19-11-13)20-7-8-21-15-6-4-3-5-14(15)20/h10-12,14-15,17H,3-9H2,1-2H3. The largest absolute Gasteiger partial charge is 0.374 e. The van der Waals surface area contributed by atoms with Gasteiger partial charge in [-0.25, -0.2) is 9.97 Å². The zero-order valence-electron chi connectivity index (χ0n) is 13.1. The van der Waals surface area contributed by atoms with Crippen LogP contribution in [-0.4, -0.2) is 41.3 Å². The van der Waals surface area contributed by atoms with Crippen LogP contribution < -0.4 is 10.2 Å². The van der Waals surface area contributed by atoms with Crippen molar-refractivity contribution < 1.29 is 4.74 Å². The van der Waals surface area contributed by atoms with Gasteiger partial charge in [0.05, 0.1) is 18.8 Å². The second kappa shape index (κ2) is 6.71. The van der Waals surface area contributed by atoms with Gasteiger partial charge < -0.3 is 15.0 Å². The summed E-state index contributed by atoms with van der Waals surface area (Å²) in [6.07, 6.45) is 9.23. The van der Waals surface area contributed by atoms with Gasteiger partial charge in [0, 0.05) is 37.1 Å². The minimum Gasteiger partial charge on any atom is -0.374 e. The first-order chi connectivity index (χ1) is 10.2. The normalized spacial score (nSPS) is 26.0. The van der Waals surface area contributed by atoms with Crippen LogP contribution in [0.5, 0.6) is 0 Å². The number of aromatic nitrogens is 2. The first-order valence-electron chi connectivity index (χ1n) is 8.16. The maximum Gasteiger partial charge on any atom is 0.225 e. The summed E-state index contributed by atoms with van der Waals surface area (Å²) >= 11 is 0. The molecule has 2 heterocycles. The molecule has 0 amide bonds. The fourth-order valence-electron chi connectivity index (χ4n) is 3.25. The molecule has 21 heavy (non-hydrogen) atoms. The summed E-state index contributed by atoms with van der Waals surface area (Å²) in [6, 6.07) is 0.944. The van der Waals surface area contributed by atoms with E-state index in [2.05, 4.69) is 34.0 Å². The summed E-state index contributed by atoms with van der Waals surface area (Å²) in [7, 11) is 0. The molecular weight excluding hydrogens is 264 g/mol. The van der Waals surface area contributed by atoms with Crippen LogP contribution in [0, 0.1) is 0 Å². The molecule has 1 aliphatic carbocycles. The van der Waals surface area contributed by atoms with Crippen molar-refractivity contribution in [3.8, 4) is 0 Å². The lowest BCUT2D eigenvalue weighted by Gasteiger charge is -2.43. The average Bonchev–Trinajstić information content (AvgIpc) is 2.53. The second-order valence-corrected chi connectivity index (χ2v) is 6.38. The van der Waals surface area contributed by atoms with Crippen LogP contribution in [0.25, 0.3) is 0 Å². The van der Waals surface area contributed by atoms with Crippen molar-refractivity contribution in [3.63, 3.8) is 0 Å². The van der Waals surface area contributed by atoms with E-state index >= 15 is 0 Å². The number of morpholine rings is 1. The molecule has 5 nitrogen and oxygen atoms in total. The first-order valence-corrected chi connectivity index (χ1v) is 8.16. The molecule has 1 N–H and O–H groups in total. The molecule has 0 bridgehead atoms. The van der Waals surface area contributed by atoms with Crippen LogP contribution in [-0.2, 0) is 11.3 Å². The molecule has 0 spiro atoms. The van der Waals surface area contributed by atoms with Crippen molar-refractivity contribution in [2.45, 2.75) is 64.3 Å². The van der Waals surface area contributed by atoms with E-state index in [1.165, 1.54) is 25.7 Å². The fourth-order valence-corrected chi connectivity index (χ4v) is 3.25. The lowest BCUT2D eigenvalue weighted by atomic mass is 9.90. The SMILES string of the molecule is CC(C)NCc1cnc(N2CCOC3CCCCC32)nc1. The van der Waals surface area contributed by atoms with Crippen molar-refractivity contribution in [2.75, 3.05) is 18.1 Å². The van der Waals surface area contributed by atoms with Crippen LogP contribution in [0.3, 0.4) is 0 Å². The first kappa shape index (κ1) is 14.7. The smallest absolute Gasteiger partial charge is 0.225 e. The Morgan fingerprint density at radius 1 is 1.29 bits per heavy atom. The third-order valence-corrected chi connectivity index (χ3v) is 4.40. The zero-order valence-corrected chi connectivity index (χ0v) is 13.1. The highest BCUT2D eigenvalue weighted by Crippen LogP contribution is 2.30. The van der Waals surface area contributed by atoms with Gasteiger partial charge in [-0.15, -0.1) is 0 Å². The Morgan fingerprint density at radius 3 is 2.81 bits per heavy atom. The monoisotopic (exact) mass is 290 g/mol. The quantitative estimate of drug-likeness (QED) is 0.920. The second-order valence-electron chi connectivity index (χ2n) is 6.38. The third-order valence-electron chi connectivity index (χ3n) is 4.40. The van der Waals surface area contributed by atoms with Crippen LogP contribution in [0.1, 0.15) is 45.1 Å². The number of nitrogens with zero attached hydrogens (tertiary/aromatic N) is 3. The molecule has 1 saturated carbocycles. The van der Waals surface area contributed by atoms with Crippen LogP contribution >= 0.6 is 0 Å². The number of hydrogen-bond acceptors (Lipinski definition) is 5. The highest BCUT2D eigenvalue weighted by atomic mass is 16.5. The van der Waals surface area contributed by atoms with Crippen LogP contribution in [0.2, 0.25) is 0 Å². The van der Waals surface area contributed by atoms with E-state index in [-0.39, 0.29) is 0 Å². The van der Waals surface area contributed by atoms with Crippen LogP contribution in [0.4, 0.5) is 5.95 Å². The van der Waals surface area contributed by atoms with Crippen molar-refractivity contribution in [3.05, 3.63) is 18.0 Å². The topological polar surface area (TPSA) is 50.3 Å².